The van der Waals surface area contributed by atoms with Gasteiger partial charge in [0.2, 0.25) is 0 Å². The maximum Gasteiger partial charge on any atom is 0.328 e. The van der Waals surface area contributed by atoms with Crippen molar-refractivity contribution < 1.29 is 9.90 Å². The normalized spacial score (nSPS) is 22.6. The Bertz CT molecular complexity index is 453. The molecule has 1 unspecified atom stereocenters. The van der Waals surface area contributed by atoms with Crippen LogP contribution in [0.15, 0.2) is 42.0 Å². The number of likely N-dealkylation sites (tertiary alicyclic amines) is 1. The van der Waals surface area contributed by atoms with Crippen LogP contribution >= 0.6 is 0 Å². The third-order valence-electron chi connectivity index (χ3n) is 3.76. The highest BCUT2D eigenvalue weighted by atomic mass is 16.4. The molecule has 1 fully saturated rings. The maximum absolute atomic E-state index is 10.7. The molecular formula is C16H21NO2. The van der Waals surface area contributed by atoms with E-state index in [0.29, 0.717) is 6.04 Å². The van der Waals surface area contributed by atoms with Crippen LogP contribution in [0.1, 0.15) is 31.7 Å². The van der Waals surface area contributed by atoms with Gasteiger partial charge < -0.3 is 5.11 Å². The number of aliphatic carboxylic acids is 1. The van der Waals surface area contributed by atoms with Crippen LogP contribution in [0.4, 0.5) is 0 Å². The zero-order valence-corrected chi connectivity index (χ0v) is 11.4. The molecule has 1 atom stereocenters. The van der Waals surface area contributed by atoms with Crippen LogP contribution in [0.2, 0.25) is 0 Å². The van der Waals surface area contributed by atoms with Gasteiger partial charge in [-0.15, -0.1) is 0 Å². The molecule has 2 rings (SSSR count). The quantitative estimate of drug-likeness (QED) is 0.845. The van der Waals surface area contributed by atoms with Crippen molar-refractivity contribution in [1.82, 2.24) is 4.90 Å². The summed E-state index contributed by atoms with van der Waals surface area (Å²) in [4.78, 5) is 13.2. The smallest absolute Gasteiger partial charge is 0.328 e. The standard InChI is InChI=1S/C16H21NO2/c1-2-15-10-14(11-16(18)19)8-9-17(15)12-13-6-4-3-5-7-13/h3-7,11,15H,2,8-10,12H2,1H3,(H,18,19). The minimum atomic E-state index is -0.818. The Balaban J connectivity index is 2.01. The molecule has 0 saturated carbocycles. The zero-order valence-electron chi connectivity index (χ0n) is 11.4. The van der Waals surface area contributed by atoms with Gasteiger partial charge in [0.1, 0.15) is 0 Å². The largest absolute Gasteiger partial charge is 0.478 e. The van der Waals surface area contributed by atoms with Crippen LogP contribution < -0.4 is 0 Å². The number of hydrogen-bond donors (Lipinski definition) is 1. The Labute approximate surface area is 114 Å². The molecule has 1 aromatic carbocycles. The monoisotopic (exact) mass is 259 g/mol. The molecule has 1 N–H and O–H groups in total. The molecular weight excluding hydrogens is 238 g/mol. The van der Waals surface area contributed by atoms with E-state index in [4.69, 9.17) is 5.11 Å². The molecule has 1 aromatic rings. The Morgan fingerprint density at radius 3 is 2.79 bits per heavy atom. The second kappa shape index (κ2) is 6.53. The highest BCUT2D eigenvalue weighted by molar-refractivity contribution is 5.80. The van der Waals surface area contributed by atoms with Crippen LogP contribution in [0.25, 0.3) is 0 Å². The van der Waals surface area contributed by atoms with E-state index in [2.05, 4.69) is 36.1 Å². The van der Waals surface area contributed by atoms with Crippen LogP contribution in [0, 0.1) is 0 Å². The number of nitrogens with zero attached hydrogens (tertiary/aromatic N) is 1. The van der Waals surface area contributed by atoms with E-state index in [1.54, 1.807) is 0 Å². The first-order chi connectivity index (χ1) is 9.19. The molecule has 0 aromatic heterocycles. The molecule has 0 bridgehead atoms. The first-order valence-corrected chi connectivity index (χ1v) is 6.89. The van der Waals surface area contributed by atoms with Crippen molar-refractivity contribution in [3.05, 3.63) is 47.5 Å². The van der Waals surface area contributed by atoms with Gasteiger partial charge in [-0.1, -0.05) is 42.8 Å². The van der Waals surface area contributed by atoms with Crippen LogP contribution in [0.3, 0.4) is 0 Å². The number of carbonyl (C=O) groups is 1. The first kappa shape index (κ1) is 13.8. The van der Waals surface area contributed by atoms with E-state index in [0.717, 1.165) is 37.9 Å². The third kappa shape index (κ3) is 3.93. The van der Waals surface area contributed by atoms with Crippen LogP contribution in [-0.4, -0.2) is 28.6 Å². The molecule has 1 heterocycles. The lowest BCUT2D eigenvalue weighted by Gasteiger charge is -2.36. The second-order valence-corrected chi connectivity index (χ2v) is 5.11. The SMILES string of the molecule is CCC1CC(=CC(=O)O)CCN1Cc1ccccc1. The van der Waals surface area contributed by atoms with Gasteiger partial charge in [-0.05, 0) is 24.8 Å². The number of hydrogen-bond acceptors (Lipinski definition) is 2. The summed E-state index contributed by atoms with van der Waals surface area (Å²) in [6, 6.07) is 10.9. The van der Waals surface area contributed by atoms with Gasteiger partial charge in [0.15, 0.2) is 0 Å². The van der Waals surface area contributed by atoms with Gasteiger partial charge in [-0.3, -0.25) is 4.90 Å². The molecule has 1 aliphatic heterocycles. The number of carboxylic acid groups (broad SMARTS) is 1. The molecule has 0 aliphatic carbocycles. The highest BCUT2D eigenvalue weighted by Gasteiger charge is 2.23. The summed E-state index contributed by atoms with van der Waals surface area (Å²) in [6.07, 6.45) is 4.21. The van der Waals surface area contributed by atoms with Crippen molar-refractivity contribution in [3.8, 4) is 0 Å². The van der Waals surface area contributed by atoms with Gasteiger partial charge in [-0.2, -0.15) is 0 Å². The summed E-state index contributed by atoms with van der Waals surface area (Å²) < 4.78 is 0. The summed E-state index contributed by atoms with van der Waals surface area (Å²) in [7, 11) is 0. The molecule has 3 heteroatoms. The Morgan fingerprint density at radius 2 is 2.16 bits per heavy atom. The van der Waals surface area contributed by atoms with E-state index < -0.39 is 5.97 Å². The molecule has 102 valence electrons. The zero-order chi connectivity index (χ0) is 13.7. The van der Waals surface area contributed by atoms with E-state index in [9.17, 15) is 4.79 Å². The summed E-state index contributed by atoms with van der Waals surface area (Å²) in [5.41, 5.74) is 2.40. The first-order valence-electron chi connectivity index (χ1n) is 6.89. The van der Waals surface area contributed by atoms with Crippen molar-refractivity contribution in [2.45, 2.75) is 38.8 Å². The number of rotatable bonds is 4. The van der Waals surface area contributed by atoms with Crippen molar-refractivity contribution >= 4 is 5.97 Å². The summed E-state index contributed by atoms with van der Waals surface area (Å²) in [6.45, 7) is 4.08. The summed E-state index contributed by atoms with van der Waals surface area (Å²) in [5.74, 6) is -0.818. The van der Waals surface area contributed by atoms with Crippen molar-refractivity contribution in [2.75, 3.05) is 6.54 Å². The summed E-state index contributed by atoms with van der Waals surface area (Å²) >= 11 is 0. The predicted molar refractivity (Wildman–Crippen MR) is 75.9 cm³/mol. The predicted octanol–water partition coefficient (Wildman–Crippen LogP) is 3.07. The maximum atomic E-state index is 10.7. The fourth-order valence-corrected chi connectivity index (χ4v) is 2.74. The van der Waals surface area contributed by atoms with E-state index in [1.165, 1.54) is 11.6 Å². The lowest BCUT2D eigenvalue weighted by Crippen LogP contribution is -2.39. The summed E-state index contributed by atoms with van der Waals surface area (Å²) in [5, 5.41) is 8.84. The minimum Gasteiger partial charge on any atom is -0.478 e. The lowest BCUT2D eigenvalue weighted by atomic mass is 9.94. The molecule has 19 heavy (non-hydrogen) atoms. The fourth-order valence-electron chi connectivity index (χ4n) is 2.74. The number of benzene rings is 1. The third-order valence-corrected chi connectivity index (χ3v) is 3.76. The van der Waals surface area contributed by atoms with Gasteiger partial charge >= 0.3 is 5.97 Å². The van der Waals surface area contributed by atoms with Gasteiger partial charge in [0.05, 0.1) is 0 Å². The average Bonchev–Trinajstić information content (AvgIpc) is 2.41. The van der Waals surface area contributed by atoms with Gasteiger partial charge in [0, 0.05) is 25.2 Å². The Hall–Kier alpha value is -1.61. The highest BCUT2D eigenvalue weighted by Crippen LogP contribution is 2.25. The Morgan fingerprint density at radius 1 is 1.42 bits per heavy atom. The average molecular weight is 259 g/mol. The topological polar surface area (TPSA) is 40.5 Å². The van der Waals surface area contributed by atoms with E-state index >= 15 is 0 Å². The lowest BCUT2D eigenvalue weighted by molar-refractivity contribution is -0.131. The molecule has 3 nitrogen and oxygen atoms in total. The van der Waals surface area contributed by atoms with Crippen LogP contribution in [0.5, 0.6) is 0 Å². The molecule has 1 saturated heterocycles. The van der Waals surface area contributed by atoms with E-state index in [-0.39, 0.29) is 0 Å². The second-order valence-electron chi connectivity index (χ2n) is 5.11. The van der Waals surface area contributed by atoms with Crippen LogP contribution in [-0.2, 0) is 11.3 Å². The molecule has 0 amide bonds. The minimum absolute atomic E-state index is 0.458. The number of piperidine rings is 1. The fraction of sp³-hybridized carbons (Fsp3) is 0.438. The van der Waals surface area contributed by atoms with Crippen molar-refractivity contribution in [1.29, 1.82) is 0 Å². The van der Waals surface area contributed by atoms with E-state index in [1.807, 2.05) is 6.07 Å². The van der Waals surface area contributed by atoms with Crippen molar-refractivity contribution in [3.63, 3.8) is 0 Å². The molecule has 0 spiro atoms. The van der Waals surface area contributed by atoms with Crippen molar-refractivity contribution in [2.24, 2.45) is 0 Å². The number of carboxylic acids is 1. The van der Waals surface area contributed by atoms with Gasteiger partial charge in [-0.25, -0.2) is 4.79 Å². The molecule has 1 aliphatic rings. The van der Waals surface area contributed by atoms with Gasteiger partial charge in [0.25, 0.3) is 0 Å². The Kier molecular flexibility index (Phi) is 4.74. The molecule has 0 radical (unpaired) electrons.